The molecule has 3 rings (SSSR count). The number of likely N-dealkylation sites (N-methyl/N-ethyl adjacent to an activating group) is 1. The number of benzene rings is 1. The number of hydrogen-bond donors (Lipinski definition) is 3. The molecule has 1 saturated heterocycles. The second kappa shape index (κ2) is 8.82. The summed E-state index contributed by atoms with van der Waals surface area (Å²) in [6.45, 7) is 1.25. The highest BCUT2D eigenvalue weighted by Crippen LogP contribution is 2.26. The topological polar surface area (TPSA) is 93.6 Å². The van der Waals surface area contributed by atoms with E-state index in [0.29, 0.717) is 18.2 Å². The fourth-order valence-corrected chi connectivity index (χ4v) is 3.31. The van der Waals surface area contributed by atoms with Gasteiger partial charge in [0.05, 0.1) is 0 Å². The average molecular weight is 409 g/mol. The number of aromatic amines is 1. The van der Waals surface area contributed by atoms with E-state index < -0.39 is 11.9 Å². The highest BCUT2D eigenvalue weighted by Gasteiger charge is 2.21. The van der Waals surface area contributed by atoms with E-state index in [1.807, 2.05) is 0 Å². The summed E-state index contributed by atoms with van der Waals surface area (Å²) in [6.07, 6.45) is 7.12. The first-order valence-corrected chi connectivity index (χ1v) is 8.76. The molecular weight excluding hydrogens is 388 g/mol. The summed E-state index contributed by atoms with van der Waals surface area (Å²) in [4.78, 5) is 25.0. The van der Waals surface area contributed by atoms with Gasteiger partial charge in [0.15, 0.2) is 0 Å². The molecule has 1 aromatic carbocycles. The Bertz CT molecular complexity index is 768. The van der Waals surface area contributed by atoms with Crippen molar-refractivity contribution in [3.05, 3.63) is 46.6 Å². The van der Waals surface area contributed by atoms with Gasteiger partial charge in [-0.2, -0.15) is 0 Å². The summed E-state index contributed by atoms with van der Waals surface area (Å²) >= 11 is 3.55. The molecule has 2 aromatic rings. The number of rotatable bonds is 4. The molecule has 0 bridgehead atoms. The van der Waals surface area contributed by atoms with E-state index in [2.05, 4.69) is 57.3 Å². The van der Waals surface area contributed by atoms with Crippen LogP contribution in [-0.4, -0.2) is 51.7 Å². The van der Waals surface area contributed by atoms with Gasteiger partial charge in [0, 0.05) is 39.8 Å². The largest absolute Gasteiger partial charge is 0.478 e. The monoisotopic (exact) mass is 408 g/mol. The van der Waals surface area contributed by atoms with Gasteiger partial charge in [-0.15, -0.1) is 0 Å². The molecule has 0 amide bonds. The van der Waals surface area contributed by atoms with E-state index in [1.165, 1.54) is 35.9 Å². The number of carboxylic acid groups (broad SMARTS) is 2. The number of aromatic nitrogens is 1. The minimum absolute atomic E-state index is 0.558. The van der Waals surface area contributed by atoms with Gasteiger partial charge >= 0.3 is 11.9 Å². The summed E-state index contributed by atoms with van der Waals surface area (Å²) in [5, 5.41) is 17.0. The fraction of sp³-hybridized carbons (Fsp3) is 0.333. The maximum atomic E-state index is 9.55. The summed E-state index contributed by atoms with van der Waals surface area (Å²) in [5.74, 6) is -2.51. The molecule has 0 radical (unpaired) electrons. The van der Waals surface area contributed by atoms with Gasteiger partial charge in [-0.3, -0.25) is 0 Å². The molecule has 1 aromatic heterocycles. The summed E-state index contributed by atoms with van der Waals surface area (Å²) in [6, 6.07) is 7.16. The molecule has 0 saturated carbocycles. The first-order chi connectivity index (χ1) is 11.9. The number of nitrogens with zero attached hydrogens (tertiary/aromatic N) is 1. The predicted octanol–water partition coefficient (Wildman–Crippen LogP) is 3.28. The van der Waals surface area contributed by atoms with Crippen molar-refractivity contribution in [1.82, 2.24) is 9.88 Å². The van der Waals surface area contributed by atoms with E-state index in [-0.39, 0.29) is 0 Å². The highest BCUT2D eigenvalue weighted by molar-refractivity contribution is 9.10. The maximum Gasteiger partial charge on any atom is 0.328 e. The minimum Gasteiger partial charge on any atom is -0.478 e. The average Bonchev–Trinajstić information content (AvgIpc) is 3.13. The Hall–Kier alpha value is -2.12. The third kappa shape index (κ3) is 5.72. The number of carboxylic acids is 2. The van der Waals surface area contributed by atoms with Crippen molar-refractivity contribution in [3.8, 4) is 0 Å². The Morgan fingerprint density at radius 1 is 1.32 bits per heavy atom. The van der Waals surface area contributed by atoms with Crippen molar-refractivity contribution >= 4 is 38.8 Å². The van der Waals surface area contributed by atoms with Gasteiger partial charge in [0.2, 0.25) is 0 Å². The fourth-order valence-electron chi connectivity index (χ4n) is 2.95. The van der Waals surface area contributed by atoms with Crippen molar-refractivity contribution in [2.45, 2.75) is 25.3 Å². The zero-order chi connectivity index (χ0) is 18.4. The van der Waals surface area contributed by atoms with Gasteiger partial charge in [-0.05, 0) is 56.6 Å². The maximum absolute atomic E-state index is 9.55. The first kappa shape index (κ1) is 19.2. The predicted molar refractivity (Wildman–Crippen MR) is 99.8 cm³/mol. The number of likely N-dealkylation sites (tertiary alicyclic amines) is 1. The Morgan fingerprint density at radius 3 is 2.56 bits per heavy atom. The Kier molecular flexibility index (Phi) is 6.78. The lowest BCUT2D eigenvalue weighted by Crippen LogP contribution is -2.26. The van der Waals surface area contributed by atoms with E-state index in [0.717, 1.165) is 10.9 Å². The van der Waals surface area contributed by atoms with Gasteiger partial charge in [-0.25, -0.2) is 9.59 Å². The highest BCUT2D eigenvalue weighted by atomic mass is 79.9. The minimum atomic E-state index is -1.26. The van der Waals surface area contributed by atoms with E-state index in [1.54, 1.807) is 0 Å². The quantitative estimate of drug-likeness (QED) is 0.674. The number of H-pyrrole nitrogens is 1. The van der Waals surface area contributed by atoms with E-state index in [9.17, 15) is 9.59 Å². The molecule has 1 atom stereocenters. The lowest BCUT2D eigenvalue weighted by atomic mass is 10.0. The molecule has 6 nitrogen and oxygen atoms in total. The molecule has 0 unspecified atom stereocenters. The van der Waals surface area contributed by atoms with Crippen molar-refractivity contribution < 1.29 is 19.8 Å². The van der Waals surface area contributed by atoms with Crippen LogP contribution in [0.15, 0.2) is 41.0 Å². The molecule has 1 aliphatic heterocycles. The van der Waals surface area contributed by atoms with Crippen molar-refractivity contribution in [1.29, 1.82) is 0 Å². The van der Waals surface area contributed by atoms with Crippen LogP contribution in [0.5, 0.6) is 0 Å². The van der Waals surface area contributed by atoms with Crippen LogP contribution in [0.1, 0.15) is 18.4 Å². The van der Waals surface area contributed by atoms with E-state index >= 15 is 0 Å². The second-order valence-corrected chi connectivity index (χ2v) is 6.91. The van der Waals surface area contributed by atoms with Crippen LogP contribution in [0.4, 0.5) is 0 Å². The molecule has 0 spiro atoms. The van der Waals surface area contributed by atoms with Crippen LogP contribution in [0.3, 0.4) is 0 Å². The van der Waals surface area contributed by atoms with Crippen LogP contribution in [-0.2, 0) is 16.0 Å². The zero-order valence-corrected chi connectivity index (χ0v) is 15.5. The molecule has 134 valence electrons. The van der Waals surface area contributed by atoms with Crippen LogP contribution in [0, 0.1) is 0 Å². The molecule has 25 heavy (non-hydrogen) atoms. The number of aliphatic carboxylic acids is 2. The third-order valence-corrected chi connectivity index (χ3v) is 4.72. The summed E-state index contributed by atoms with van der Waals surface area (Å²) in [5.41, 5.74) is 2.68. The standard InChI is InChI=1S/C14H17BrN2.C4H4O4/c1-17-6-2-3-12(17)7-10-9-16-14-5-4-11(15)8-13(10)14;5-3(6)1-2-4(7)8/h4-5,8-9,12,16H,2-3,6-7H2,1H3;1-2H,(H,5,6)(H,7,8)/b;2-1+/t12-;/m1./s1. The number of hydrogen-bond acceptors (Lipinski definition) is 3. The van der Waals surface area contributed by atoms with Gasteiger partial charge in [0.25, 0.3) is 0 Å². The third-order valence-electron chi connectivity index (χ3n) is 4.23. The number of carbonyl (C=O) groups is 2. The number of halogens is 1. The Balaban J connectivity index is 0.000000242. The van der Waals surface area contributed by atoms with Gasteiger partial charge in [-0.1, -0.05) is 15.9 Å². The summed E-state index contributed by atoms with van der Waals surface area (Å²) < 4.78 is 1.16. The normalized spacial score (nSPS) is 17.6. The van der Waals surface area contributed by atoms with Crippen LogP contribution < -0.4 is 0 Å². The lowest BCUT2D eigenvalue weighted by molar-refractivity contribution is -0.134. The van der Waals surface area contributed by atoms with Crippen molar-refractivity contribution in [2.75, 3.05) is 13.6 Å². The smallest absolute Gasteiger partial charge is 0.328 e. The van der Waals surface area contributed by atoms with Crippen LogP contribution >= 0.6 is 15.9 Å². The number of nitrogens with one attached hydrogen (secondary N) is 1. The van der Waals surface area contributed by atoms with Gasteiger partial charge in [0.1, 0.15) is 0 Å². The first-order valence-electron chi connectivity index (χ1n) is 7.96. The van der Waals surface area contributed by atoms with Crippen molar-refractivity contribution in [2.24, 2.45) is 0 Å². The zero-order valence-electron chi connectivity index (χ0n) is 13.9. The molecule has 2 heterocycles. The second-order valence-electron chi connectivity index (χ2n) is 5.99. The molecule has 1 aliphatic rings. The molecular formula is C18H21BrN2O4. The Labute approximate surface area is 154 Å². The molecule has 3 N–H and O–H groups in total. The molecule has 0 aliphatic carbocycles. The van der Waals surface area contributed by atoms with E-state index in [4.69, 9.17) is 10.2 Å². The van der Waals surface area contributed by atoms with Gasteiger partial charge < -0.3 is 20.1 Å². The van der Waals surface area contributed by atoms with Crippen LogP contribution in [0.2, 0.25) is 0 Å². The van der Waals surface area contributed by atoms with Crippen LogP contribution in [0.25, 0.3) is 10.9 Å². The number of fused-ring (bicyclic) bond motifs is 1. The molecule has 1 fully saturated rings. The van der Waals surface area contributed by atoms with Crippen molar-refractivity contribution in [3.63, 3.8) is 0 Å². The lowest BCUT2D eigenvalue weighted by Gasteiger charge is -2.18. The Morgan fingerprint density at radius 2 is 2.00 bits per heavy atom. The summed E-state index contributed by atoms with van der Waals surface area (Å²) in [7, 11) is 2.24. The molecule has 7 heteroatoms. The SMILES string of the molecule is CN1CCC[C@@H]1Cc1c[nH]c2ccc(Br)cc12.O=C(O)/C=C/C(=O)O.